The summed E-state index contributed by atoms with van der Waals surface area (Å²) in [7, 11) is 0. The summed E-state index contributed by atoms with van der Waals surface area (Å²) in [5.41, 5.74) is 2.80. The Morgan fingerprint density at radius 2 is 1.91 bits per heavy atom. The van der Waals surface area contributed by atoms with Crippen LogP contribution in [0.1, 0.15) is 6.92 Å². The standard InChI is InChI=1S/C26H21ClN4O3S/c1-2-34-19-12-10-18(11-13-19)31-25(33)24-23(20-8-3-4-9-21(20)29-24)30-26(31)35-15-22(32)28-17-7-5-6-16(27)14-17/h3-14,29H,2,15H2,1H3,(H,28,32). The molecule has 0 saturated heterocycles. The van der Waals surface area contributed by atoms with Gasteiger partial charge in [0.05, 0.1) is 18.0 Å². The molecule has 0 radical (unpaired) electrons. The molecule has 0 bridgehead atoms. The highest BCUT2D eigenvalue weighted by atomic mass is 35.5. The number of carbonyl (C=O) groups excluding carboxylic acids is 1. The van der Waals surface area contributed by atoms with Crippen LogP contribution >= 0.6 is 23.4 Å². The number of nitrogens with one attached hydrogen (secondary N) is 2. The van der Waals surface area contributed by atoms with Crippen molar-refractivity contribution in [1.82, 2.24) is 14.5 Å². The number of nitrogens with zero attached hydrogens (tertiary/aromatic N) is 2. The predicted octanol–water partition coefficient (Wildman–Crippen LogP) is 5.65. The molecule has 0 saturated carbocycles. The average Bonchev–Trinajstić information content (AvgIpc) is 3.23. The van der Waals surface area contributed by atoms with Crippen LogP contribution in [0.25, 0.3) is 27.6 Å². The largest absolute Gasteiger partial charge is 0.494 e. The van der Waals surface area contributed by atoms with Crippen molar-refractivity contribution in [1.29, 1.82) is 0 Å². The van der Waals surface area contributed by atoms with Crippen molar-refractivity contribution in [2.75, 3.05) is 17.7 Å². The lowest BCUT2D eigenvalue weighted by Gasteiger charge is -2.13. The summed E-state index contributed by atoms with van der Waals surface area (Å²) in [6.07, 6.45) is 0. The van der Waals surface area contributed by atoms with Gasteiger partial charge in [-0.05, 0) is 55.5 Å². The summed E-state index contributed by atoms with van der Waals surface area (Å²) < 4.78 is 7.05. The SMILES string of the molecule is CCOc1ccc(-n2c(SCC(=O)Nc3cccc(Cl)c3)nc3c([nH]c4ccccc43)c2=O)cc1. The normalized spacial score (nSPS) is 11.1. The van der Waals surface area contributed by atoms with Crippen molar-refractivity contribution in [2.45, 2.75) is 12.1 Å². The molecule has 0 aliphatic carbocycles. The van der Waals surface area contributed by atoms with E-state index in [0.717, 1.165) is 10.9 Å². The number of aromatic amines is 1. The second kappa shape index (κ2) is 9.85. The molecular formula is C26H21ClN4O3S. The maximum atomic E-state index is 13.6. The van der Waals surface area contributed by atoms with Crippen LogP contribution in [0.3, 0.4) is 0 Å². The Bertz CT molecular complexity index is 1590. The fourth-order valence-electron chi connectivity index (χ4n) is 3.82. The number of anilines is 1. The number of amides is 1. The minimum absolute atomic E-state index is 0.0594. The third kappa shape index (κ3) is 4.76. The van der Waals surface area contributed by atoms with E-state index in [0.29, 0.717) is 44.9 Å². The van der Waals surface area contributed by atoms with Crippen molar-refractivity contribution in [2.24, 2.45) is 0 Å². The molecule has 0 aliphatic heterocycles. The van der Waals surface area contributed by atoms with Crippen molar-refractivity contribution in [3.05, 3.63) is 88.2 Å². The Kier molecular flexibility index (Phi) is 6.48. The van der Waals surface area contributed by atoms with Gasteiger partial charge in [0.25, 0.3) is 5.56 Å². The summed E-state index contributed by atoms with van der Waals surface area (Å²) >= 11 is 7.20. The Hall–Kier alpha value is -3.75. The first-order valence-electron chi connectivity index (χ1n) is 11.0. The lowest BCUT2D eigenvalue weighted by atomic mass is 10.2. The first kappa shape index (κ1) is 23.0. The van der Waals surface area contributed by atoms with Crippen LogP contribution in [0.15, 0.2) is 82.7 Å². The predicted molar refractivity (Wildman–Crippen MR) is 141 cm³/mol. The summed E-state index contributed by atoms with van der Waals surface area (Å²) in [6.45, 7) is 2.46. The van der Waals surface area contributed by atoms with Gasteiger partial charge >= 0.3 is 0 Å². The van der Waals surface area contributed by atoms with E-state index in [9.17, 15) is 9.59 Å². The van der Waals surface area contributed by atoms with Crippen LogP contribution in [0, 0.1) is 0 Å². The van der Waals surface area contributed by atoms with Gasteiger partial charge in [0, 0.05) is 21.6 Å². The van der Waals surface area contributed by atoms with Crippen LogP contribution in [-0.2, 0) is 4.79 Å². The molecule has 3 aromatic carbocycles. The van der Waals surface area contributed by atoms with Gasteiger partial charge in [-0.2, -0.15) is 0 Å². The quantitative estimate of drug-likeness (QED) is 0.221. The van der Waals surface area contributed by atoms with Crippen LogP contribution in [0.2, 0.25) is 5.02 Å². The number of para-hydroxylation sites is 1. The van der Waals surface area contributed by atoms with E-state index in [1.165, 1.54) is 16.3 Å². The highest BCUT2D eigenvalue weighted by Crippen LogP contribution is 2.27. The van der Waals surface area contributed by atoms with Crippen molar-refractivity contribution in [3.8, 4) is 11.4 Å². The Morgan fingerprint density at radius 3 is 2.69 bits per heavy atom. The summed E-state index contributed by atoms with van der Waals surface area (Å²) in [6, 6.07) is 21.8. The zero-order chi connectivity index (χ0) is 24.4. The fourth-order valence-corrected chi connectivity index (χ4v) is 4.81. The molecule has 9 heteroatoms. The molecule has 1 amide bonds. The van der Waals surface area contributed by atoms with E-state index in [-0.39, 0.29) is 17.2 Å². The summed E-state index contributed by atoms with van der Waals surface area (Å²) in [5.74, 6) is 0.534. The van der Waals surface area contributed by atoms with E-state index < -0.39 is 0 Å². The van der Waals surface area contributed by atoms with Crippen LogP contribution in [-0.4, -0.2) is 32.8 Å². The molecule has 35 heavy (non-hydrogen) atoms. The minimum atomic E-state index is -0.242. The second-order valence-corrected chi connectivity index (χ2v) is 9.08. The van der Waals surface area contributed by atoms with E-state index in [1.54, 1.807) is 48.5 Å². The Morgan fingerprint density at radius 1 is 1.11 bits per heavy atom. The molecule has 0 spiro atoms. The van der Waals surface area contributed by atoms with Gasteiger partial charge in [0.1, 0.15) is 16.8 Å². The monoisotopic (exact) mass is 504 g/mol. The number of hydrogen-bond acceptors (Lipinski definition) is 5. The smallest absolute Gasteiger partial charge is 0.283 e. The minimum Gasteiger partial charge on any atom is -0.494 e. The highest BCUT2D eigenvalue weighted by molar-refractivity contribution is 7.99. The molecule has 5 rings (SSSR count). The lowest BCUT2D eigenvalue weighted by Crippen LogP contribution is -2.23. The number of fused-ring (bicyclic) bond motifs is 3. The molecule has 5 aromatic rings. The zero-order valence-electron chi connectivity index (χ0n) is 18.7. The number of benzene rings is 3. The van der Waals surface area contributed by atoms with Crippen LogP contribution in [0.5, 0.6) is 5.75 Å². The maximum Gasteiger partial charge on any atom is 0.283 e. The number of carbonyl (C=O) groups is 1. The van der Waals surface area contributed by atoms with Gasteiger partial charge in [-0.15, -0.1) is 0 Å². The van der Waals surface area contributed by atoms with E-state index in [1.807, 2.05) is 31.2 Å². The van der Waals surface area contributed by atoms with E-state index >= 15 is 0 Å². The van der Waals surface area contributed by atoms with Gasteiger partial charge < -0.3 is 15.0 Å². The summed E-state index contributed by atoms with van der Waals surface area (Å²) in [5, 5.41) is 4.63. The molecule has 0 unspecified atom stereocenters. The Labute approximate surface area is 210 Å². The van der Waals surface area contributed by atoms with Crippen molar-refractivity contribution < 1.29 is 9.53 Å². The molecule has 7 nitrogen and oxygen atoms in total. The average molecular weight is 505 g/mol. The first-order valence-corrected chi connectivity index (χ1v) is 12.3. The molecular weight excluding hydrogens is 484 g/mol. The van der Waals surface area contributed by atoms with Crippen molar-refractivity contribution in [3.63, 3.8) is 0 Å². The number of hydrogen-bond donors (Lipinski definition) is 2. The highest BCUT2D eigenvalue weighted by Gasteiger charge is 2.18. The van der Waals surface area contributed by atoms with Gasteiger partial charge in [-0.3, -0.25) is 14.2 Å². The maximum absolute atomic E-state index is 13.6. The molecule has 0 atom stereocenters. The zero-order valence-corrected chi connectivity index (χ0v) is 20.3. The fraction of sp³-hybridized carbons (Fsp3) is 0.115. The molecule has 0 aliphatic rings. The number of thioether (sulfide) groups is 1. The van der Waals surface area contributed by atoms with Gasteiger partial charge in [0.2, 0.25) is 5.91 Å². The number of aromatic nitrogens is 3. The van der Waals surface area contributed by atoms with Gasteiger partial charge in [-0.25, -0.2) is 4.98 Å². The molecule has 0 fully saturated rings. The van der Waals surface area contributed by atoms with Crippen LogP contribution in [0.4, 0.5) is 5.69 Å². The van der Waals surface area contributed by atoms with Gasteiger partial charge in [-0.1, -0.05) is 47.6 Å². The lowest BCUT2D eigenvalue weighted by molar-refractivity contribution is -0.113. The third-order valence-electron chi connectivity index (χ3n) is 5.34. The molecule has 2 N–H and O–H groups in total. The van der Waals surface area contributed by atoms with Crippen molar-refractivity contribution >= 4 is 56.9 Å². The number of ether oxygens (including phenoxy) is 1. The van der Waals surface area contributed by atoms with E-state index in [2.05, 4.69) is 10.3 Å². The first-order chi connectivity index (χ1) is 17.0. The number of rotatable bonds is 7. The topological polar surface area (TPSA) is 89.0 Å². The third-order valence-corrected chi connectivity index (χ3v) is 6.51. The number of H-pyrrole nitrogens is 1. The molecule has 2 heterocycles. The Balaban J connectivity index is 1.54. The second-order valence-electron chi connectivity index (χ2n) is 7.70. The summed E-state index contributed by atoms with van der Waals surface area (Å²) in [4.78, 5) is 34.3. The molecule has 176 valence electrons. The molecule has 2 aromatic heterocycles. The van der Waals surface area contributed by atoms with Gasteiger partial charge in [0.15, 0.2) is 5.16 Å². The van der Waals surface area contributed by atoms with E-state index in [4.69, 9.17) is 21.3 Å². The number of halogens is 1. The van der Waals surface area contributed by atoms with Crippen LogP contribution < -0.4 is 15.6 Å².